The summed E-state index contributed by atoms with van der Waals surface area (Å²) in [4.78, 5) is 14.0. The zero-order chi connectivity index (χ0) is 17.8. The summed E-state index contributed by atoms with van der Waals surface area (Å²) in [6, 6.07) is 12.8. The summed E-state index contributed by atoms with van der Waals surface area (Å²) in [5.74, 6) is 1.84. The Labute approximate surface area is 145 Å². The van der Waals surface area contributed by atoms with Crippen molar-refractivity contribution in [2.75, 3.05) is 26.6 Å². The molecule has 0 atom stereocenters. The van der Waals surface area contributed by atoms with E-state index in [4.69, 9.17) is 9.47 Å². The van der Waals surface area contributed by atoms with Crippen LogP contribution in [-0.2, 0) is 6.54 Å². The monoisotopic (exact) mass is 340 g/mol. The fourth-order valence-electron chi connectivity index (χ4n) is 2.60. The number of urea groups is 1. The molecule has 0 saturated carbocycles. The number of benzene rings is 1. The summed E-state index contributed by atoms with van der Waals surface area (Å²) in [5.41, 5.74) is 1.71. The van der Waals surface area contributed by atoms with Gasteiger partial charge in [0, 0.05) is 19.3 Å². The molecular weight excluding hydrogens is 320 g/mol. The molecular formula is C18H20N4O3. The van der Waals surface area contributed by atoms with Gasteiger partial charge in [-0.1, -0.05) is 12.1 Å². The van der Waals surface area contributed by atoms with Gasteiger partial charge in [-0.05, 0) is 24.3 Å². The Balaban J connectivity index is 1.75. The van der Waals surface area contributed by atoms with Crippen LogP contribution in [0.5, 0.6) is 11.5 Å². The molecule has 0 bridgehead atoms. The van der Waals surface area contributed by atoms with E-state index in [1.165, 1.54) is 0 Å². The Morgan fingerprint density at radius 2 is 1.88 bits per heavy atom. The van der Waals surface area contributed by atoms with E-state index in [-0.39, 0.29) is 6.03 Å². The molecule has 0 fully saturated rings. The molecule has 0 radical (unpaired) electrons. The third-order valence-electron chi connectivity index (χ3n) is 3.88. The predicted molar refractivity (Wildman–Crippen MR) is 95.2 cm³/mol. The minimum Gasteiger partial charge on any atom is -0.496 e. The number of carbonyl (C=O) groups excluding carboxylic acids is 1. The highest BCUT2D eigenvalue weighted by Crippen LogP contribution is 2.29. The number of carbonyl (C=O) groups is 1. The van der Waals surface area contributed by atoms with E-state index in [1.54, 1.807) is 30.7 Å². The zero-order valence-electron chi connectivity index (χ0n) is 14.4. The number of nitrogens with one attached hydrogen (secondary N) is 1. The van der Waals surface area contributed by atoms with Crippen molar-refractivity contribution in [2.24, 2.45) is 0 Å². The van der Waals surface area contributed by atoms with E-state index >= 15 is 0 Å². The van der Waals surface area contributed by atoms with Gasteiger partial charge in [0.2, 0.25) is 0 Å². The fraction of sp³-hybridized carbons (Fsp3) is 0.222. The Bertz CT molecular complexity index is 836. The molecule has 1 aromatic carbocycles. The number of amides is 2. The van der Waals surface area contributed by atoms with Crippen LogP contribution in [0.2, 0.25) is 0 Å². The number of hydrogen-bond acceptors (Lipinski definition) is 4. The number of methoxy groups -OCH3 is 2. The lowest BCUT2D eigenvalue weighted by Crippen LogP contribution is -2.31. The van der Waals surface area contributed by atoms with Crippen molar-refractivity contribution in [1.82, 2.24) is 14.5 Å². The minimum atomic E-state index is -0.267. The molecule has 3 rings (SSSR count). The summed E-state index contributed by atoms with van der Waals surface area (Å²) in [5, 5.41) is 7.12. The Hall–Kier alpha value is -3.22. The Morgan fingerprint density at radius 1 is 1.16 bits per heavy atom. The number of anilines is 1. The van der Waals surface area contributed by atoms with Crippen LogP contribution in [0.15, 0.2) is 48.7 Å². The van der Waals surface area contributed by atoms with E-state index < -0.39 is 0 Å². The molecule has 2 amide bonds. The van der Waals surface area contributed by atoms with Crippen molar-refractivity contribution in [1.29, 1.82) is 0 Å². The van der Waals surface area contributed by atoms with Gasteiger partial charge in [0.1, 0.15) is 11.5 Å². The molecule has 0 spiro atoms. The maximum absolute atomic E-state index is 12.5. The molecule has 130 valence electrons. The molecule has 0 aliphatic heterocycles. The normalized spacial score (nSPS) is 10.5. The van der Waals surface area contributed by atoms with Crippen LogP contribution in [0, 0.1) is 0 Å². The third kappa shape index (κ3) is 3.50. The molecule has 3 aromatic rings. The van der Waals surface area contributed by atoms with Gasteiger partial charge in [-0.25, -0.2) is 9.31 Å². The maximum atomic E-state index is 12.5. The van der Waals surface area contributed by atoms with Crippen LogP contribution < -0.4 is 14.8 Å². The zero-order valence-corrected chi connectivity index (χ0v) is 14.4. The lowest BCUT2D eigenvalue weighted by molar-refractivity contribution is 0.219. The van der Waals surface area contributed by atoms with Gasteiger partial charge in [0.25, 0.3) is 0 Å². The predicted octanol–water partition coefficient (Wildman–Crippen LogP) is 3.02. The largest absolute Gasteiger partial charge is 0.496 e. The number of hydrogen-bond donors (Lipinski definition) is 1. The first-order valence-electron chi connectivity index (χ1n) is 7.78. The Morgan fingerprint density at radius 3 is 2.52 bits per heavy atom. The van der Waals surface area contributed by atoms with Gasteiger partial charge < -0.3 is 14.4 Å². The number of ether oxygens (including phenoxy) is 2. The molecule has 1 N–H and O–H groups in total. The van der Waals surface area contributed by atoms with Crippen LogP contribution in [-0.4, -0.2) is 41.8 Å². The van der Waals surface area contributed by atoms with Crippen molar-refractivity contribution in [2.45, 2.75) is 6.54 Å². The first-order chi connectivity index (χ1) is 12.1. The van der Waals surface area contributed by atoms with Crippen molar-refractivity contribution in [3.8, 4) is 11.5 Å². The molecule has 25 heavy (non-hydrogen) atoms. The SMILES string of the molecule is COc1cccc(OC)c1CN(C)C(=O)Nc1cc2ccccn2n1. The van der Waals surface area contributed by atoms with E-state index in [0.717, 1.165) is 11.1 Å². The van der Waals surface area contributed by atoms with Crippen LogP contribution in [0.1, 0.15) is 5.56 Å². The summed E-state index contributed by atoms with van der Waals surface area (Å²) in [6.07, 6.45) is 1.83. The van der Waals surface area contributed by atoms with Crippen molar-refractivity contribution in [3.05, 3.63) is 54.2 Å². The van der Waals surface area contributed by atoms with Gasteiger partial charge in [0.15, 0.2) is 5.82 Å². The number of aromatic nitrogens is 2. The lowest BCUT2D eigenvalue weighted by Gasteiger charge is -2.20. The number of fused-ring (bicyclic) bond motifs is 1. The fourth-order valence-corrected chi connectivity index (χ4v) is 2.60. The first kappa shape index (κ1) is 16.6. The minimum absolute atomic E-state index is 0.267. The van der Waals surface area contributed by atoms with Crippen molar-refractivity contribution in [3.63, 3.8) is 0 Å². The molecule has 7 heteroatoms. The Kier molecular flexibility index (Phi) is 4.74. The van der Waals surface area contributed by atoms with E-state index in [0.29, 0.717) is 23.9 Å². The van der Waals surface area contributed by atoms with Crippen molar-refractivity contribution >= 4 is 17.4 Å². The van der Waals surface area contributed by atoms with Gasteiger partial charge in [-0.2, -0.15) is 0 Å². The van der Waals surface area contributed by atoms with Crippen LogP contribution in [0.25, 0.3) is 5.52 Å². The molecule has 0 saturated heterocycles. The summed E-state index contributed by atoms with van der Waals surface area (Å²) in [7, 11) is 4.89. The summed E-state index contributed by atoms with van der Waals surface area (Å²) in [6.45, 7) is 0.340. The van der Waals surface area contributed by atoms with E-state index in [2.05, 4.69) is 10.4 Å². The molecule has 0 unspecified atom stereocenters. The first-order valence-corrected chi connectivity index (χ1v) is 7.78. The van der Waals surface area contributed by atoms with Gasteiger partial charge in [-0.3, -0.25) is 5.32 Å². The molecule has 7 nitrogen and oxygen atoms in total. The smallest absolute Gasteiger partial charge is 0.323 e. The topological polar surface area (TPSA) is 68.1 Å². The van der Waals surface area contributed by atoms with E-state index in [9.17, 15) is 4.79 Å². The van der Waals surface area contributed by atoms with Gasteiger partial charge in [-0.15, -0.1) is 5.10 Å². The number of rotatable bonds is 5. The number of nitrogens with zero attached hydrogens (tertiary/aromatic N) is 3. The summed E-state index contributed by atoms with van der Waals surface area (Å²) < 4.78 is 12.5. The maximum Gasteiger partial charge on any atom is 0.323 e. The molecule has 2 aromatic heterocycles. The standard InChI is InChI=1S/C18H20N4O3/c1-21(12-14-15(24-2)8-6-9-16(14)25-3)18(23)19-17-11-13-7-4-5-10-22(13)20-17/h4-11H,12H2,1-3H3,(H,19,20,23). The summed E-state index contributed by atoms with van der Waals surface area (Å²) >= 11 is 0. The quantitative estimate of drug-likeness (QED) is 0.775. The van der Waals surface area contributed by atoms with Crippen molar-refractivity contribution < 1.29 is 14.3 Å². The lowest BCUT2D eigenvalue weighted by atomic mass is 10.1. The molecule has 0 aliphatic rings. The average molecular weight is 340 g/mol. The second-order valence-electron chi connectivity index (χ2n) is 5.53. The molecule has 0 aliphatic carbocycles. The highest BCUT2D eigenvalue weighted by Gasteiger charge is 2.17. The highest BCUT2D eigenvalue weighted by atomic mass is 16.5. The van der Waals surface area contributed by atoms with Gasteiger partial charge >= 0.3 is 6.03 Å². The molecule has 2 heterocycles. The van der Waals surface area contributed by atoms with Crippen LogP contribution in [0.4, 0.5) is 10.6 Å². The second kappa shape index (κ2) is 7.12. The second-order valence-corrected chi connectivity index (χ2v) is 5.53. The highest BCUT2D eigenvalue weighted by molar-refractivity contribution is 5.88. The van der Waals surface area contributed by atoms with Crippen LogP contribution in [0.3, 0.4) is 0 Å². The average Bonchev–Trinajstić information content (AvgIpc) is 3.03. The van der Waals surface area contributed by atoms with Gasteiger partial charge in [0.05, 0.1) is 31.8 Å². The number of pyridine rings is 1. The third-order valence-corrected chi connectivity index (χ3v) is 3.88. The van der Waals surface area contributed by atoms with Crippen LogP contribution >= 0.6 is 0 Å². The van der Waals surface area contributed by atoms with E-state index in [1.807, 2.05) is 48.7 Å².